The van der Waals surface area contributed by atoms with Gasteiger partial charge in [0.25, 0.3) is 0 Å². The molecule has 0 unspecified atom stereocenters. The summed E-state index contributed by atoms with van der Waals surface area (Å²) in [5, 5.41) is 4.82. The molecule has 0 aliphatic heterocycles. The van der Waals surface area contributed by atoms with Gasteiger partial charge < -0.3 is 0 Å². The second-order valence-electron chi connectivity index (χ2n) is 5.97. The van der Waals surface area contributed by atoms with Crippen LogP contribution >= 0.6 is 11.6 Å². The molecule has 0 saturated heterocycles. The van der Waals surface area contributed by atoms with Crippen molar-refractivity contribution < 1.29 is 8.42 Å². The van der Waals surface area contributed by atoms with E-state index in [2.05, 4.69) is 10.1 Å². The number of hydrogen-bond donors (Lipinski definition) is 0. The summed E-state index contributed by atoms with van der Waals surface area (Å²) in [4.78, 5) is 3.96. The van der Waals surface area contributed by atoms with Crippen LogP contribution in [-0.2, 0) is 16.6 Å². The highest BCUT2D eigenvalue weighted by Gasteiger charge is 2.24. The summed E-state index contributed by atoms with van der Waals surface area (Å²) >= 11 is 5.74. The van der Waals surface area contributed by atoms with Crippen LogP contribution in [0.5, 0.6) is 0 Å². The average molecular weight is 391 g/mol. The predicted octanol–water partition coefficient (Wildman–Crippen LogP) is 3.36. The van der Waals surface area contributed by atoms with Crippen molar-refractivity contribution in [1.82, 2.24) is 19.1 Å². The minimum Gasteiger partial charge on any atom is -0.243 e. The van der Waals surface area contributed by atoms with Crippen LogP contribution in [0.3, 0.4) is 0 Å². The highest BCUT2D eigenvalue weighted by molar-refractivity contribution is 7.89. The van der Waals surface area contributed by atoms with Crippen LogP contribution in [-0.4, -0.2) is 34.5 Å². The molecule has 2 aromatic heterocycles. The molecule has 0 radical (unpaired) electrons. The molecule has 0 atom stereocenters. The van der Waals surface area contributed by atoms with E-state index < -0.39 is 10.0 Å². The minimum absolute atomic E-state index is 0.107. The van der Waals surface area contributed by atoms with Crippen molar-refractivity contribution in [3.05, 3.63) is 70.8 Å². The van der Waals surface area contributed by atoms with E-state index in [1.807, 2.05) is 48.9 Å². The molecule has 0 N–H and O–H groups in total. The van der Waals surface area contributed by atoms with E-state index in [-0.39, 0.29) is 16.6 Å². The lowest BCUT2D eigenvalue weighted by molar-refractivity contribution is 0.465. The van der Waals surface area contributed by atoms with Gasteiger partial charge in [-0.05, 0) is 38.1 Å². The molecule has 3 aromatic rings. The van der Waals surface area contributed by atoms with Crippen LogP contribution in [0.25, 0.3) is 5.69 Å². The van der Waals surface area contributed by atoms with Crippen molar-refractivity contribution in [3.63, 3.8) is 0 Å². The Hall–Kier alpha value is -2.22. The number of rotatable bonds is 5. The summed E-state index contributed by atoms with van der Waals surface area (Å²) in [6.07, 6.45) is 1.27. The number of pyridine rings is 1. The van der Waals surface area contributed by atoms with E-state index in [1.165, 1.54) is 22.6 Å². The molecule has 26 heavy (non-hydrogen) atoms. The van der Waals surface area contributed by atoms with Gasteiger partial charge in [-0.15, -0.1) is 0 Å². The van der Waals surface area contributed by atoms with E-state index in [9.17, 15) is 8.42 Å². The van der Waals surface area contributed by atoms with Gasteiger partial charge in [0.2, 0.25) is 10.0 Å². The SMILES string of the molecule is Cc1nn(-c2ccccc2)c(C)c1CN(C)S(=O)(=O)c1ccc(Cl)nc1. The molecule has 0 spiro atoms. The van der Waals surface area contributed by atoms with Gasteiger partial charge in [-0.2, -0.15) is 9.40 Å². The predicted molar refractivity (Wildman–Crippen MR) is 101 cm³/mol. The lowest BCUT2D eigenvalue weighted by Crippen LogP contribution is -2.27. The number of nitrogens with zero attached hydrogens (tertiary/aromatic N) is 4. The monoisotopic (exact) mass is 390 g/mol. The smallest absolute Gasteiger partial charge is 0.243 e. The molecule has 1 aromatic carbocycles. The molecule has 0 fully saturated rings. The van der Waals surface area contributed by atoms with E-state index in [0.717, 1.165) is 22.6 Å². The minimum atomic E-state index is -3.67. The molecule has 2 heterocycles. The fourth-order valence-electron chi connectivity index (χ4n) is 2.73. The standard InChI is InChI=1S/C18H19ClN4O2S/c1-13-17(14(2)23(21-13)15-7-5-4-6-8-15)12-22(3)26(24,25)16-9-10-18(19)20-11-16/h4-11H,12H2,1-3H3. The molecule has 8 heteroatoms. The molecule has 3 rings (SSSR count). The van der Waals surface area contributed by atoms with Gasteiger partial charge >= 0.3 is 0 Å². The molecule has 0 bridgehead atoms. The molecule has 0 aliphatic carbocycles. The summed E-state index contributed by atoms with van der Waals surface area (Å²) in [5.74, 6) is 0. The van der Waals surface area contributed by atoms with Gasteiger partial charge in [0.15, 0.2) is 0 Å². The average Bonchev–Trinajstić information content (AvgIpc) is 2.91. The van der Waals surface area contributed by atoms with Crippen LogP contribution in [0.4, 0.5) is 0 Å². The summed E-state index contributed by atoms with van der Waals surface area (Å²) in [5.41, 5.74) is 3.52. The lowest BCUT2D eigenvalue weighted by atomic mass is 10.2. The molecule has 136 valence electrons. The number of halogens is 1. The molecular weight excluding hydrogens is 372 g/mol. The van der Waals surface area contributed by atoms with E-state index in [1.54, 1.807) is 7.05 Å². The quantitative estimate of drug-likeness (QED) is 0.626. The third-order valence-corrected chi connectivity index (χ3v) is 6.24. The Bertz CT molecular complexity index is 1020. The maximum atomic E-state index is 12.8. The maximum absolute atomic E-state index is 12.8. The first-order chi connectivity index (χ1) is 12.3. The van der Waals surface area contributed by atoms with E-state index >= 15 is 0 Å². The maximum Gasteiger partial charge on any atom is 0.244 e. The first-order valence-electron chi connectivity index (χ1n) is 7.99. The molecule has 0 aliphatic rings. The van der Waals surface area contributed by atoms with Crippen LogP contribution in [0, 0.1) is 13.8 Å². The third-order valence-electron chi connectivity index (χ3n) is 4.23. The second-order valence-corrected chi connectivity index (χ2v) is 8.41. The highest BCUT2D eigenvalue weighted by atomic mass is 35.5. The number of aryl methyl sites for hydroxylation is 1. The van der Waals surface area contributed by atoms with Gasteiger partial charge in [-0.3, -0.25) is 0 Å². The molecule has 0 saturated carbocycles. The second kappa shape index (κ2) is 7.19. The Balaban J connectivity index is 1.91. The largest absolute Gasteiger partial charge is 0.244 e. The Morgan fingerprint density at radius 1 is 1.12 bits per heavy atom. The van der Waals surface area contributed by atoms with Gasteiger partial charge in [-0.25, -0.2) is 18.1 Å². The number of para-hydroxylation sites is 1. The van der Waals surface area contributed by atoms with Crippen molar-refractivity contribution in [2.24, 2.45) is 0 Å². The van der Waals surface area contributed by atoms with Crippen molar-refractivity contribution >= 4 is 21.6 Å². The Labute approximate surface area is 158 Å². The summed E-state index contributed by atoms with van der Waals surface area (Å²) in [6.45, 7) is 4.04. The fraction of sp³-hybridized carbons (Fsp3) is 0.222. The Morgan fingerprint density at radius 3 is 2.42 bits per heavy atom. The van der Waals surface area contributed by atoms with E-state index in [4.69, 9.17) is 11.6 Å². The zero-order valence-corrected chi connectivity index (χ0v) is 16.3. The van der Waals surface area contributed by atoms with Gasteiger partial charge in [0.05, 0.1) is 11.4 Å². The van der Waals surface area contributed by atoms with Crippen LogP contribution in [0.2, 0.25) is 5.15 Å². The van der Waals surface area contributed by atoms with Crippen LogP contribution in [0.1, 0.15) is 17.0 Å². The van der Waals surface area contributed by atoms with Gasteiger partial charge in [-0.1, -0.05) is 29.8 Å². The summed E-state index contributed by atoms with van der Waals surface area (Å²) in [6, 6.07) is 12.7. The van der Waals surface area contributed by atoms with Crippen molar-refractivity contribution in [2.75, 3.05) is 7.05 Å². The highest BCUT2D eigenvalue weighted by Crippen LogP contribution is 2.22. The molecule has 0 amide bonds. The number of hydrogen-bond acceptors (Lipinski definition) is 4. The Kier molecular flexibility index (Phi) is 5.13. The number of sulfonamides is 1. The van der Waals surface area contributed by atoms with Gasteiger partial charge in [0.1, 0.15) is 10.0 Å². The first-order valence-corrected chi connectivity index (χ1v) is 9.81. The zero-order chi connectivity index (χ0) is 18.9. The topological polar surface area (TPSA) is 68.1 Å². The van der Waals surface area contributed by atoms with Crippen LogP contribution < -0.4 is 0 Å². The number of benzene rings is 1. The third kappa shape index (κ3) is 3.51. The normalized spacial score (nSPS) is 11.9. The first kappa shape index (κ1) is 18.6. The van der Waals surface area contributed by atoms with Crippen molar-refractivity contribution in [2.45, 2.75) is 25.3 Å². The zero-order valence-electron chi connectivity index (χ0n) is 14.7. The lowest BCUT2D eigenvalue weighted by Gasteiger charge is -2.17. The number of aromatic nitrogens is 3. The van der Waals surface area contributed by atoms with Crippen molar-refractivity contribution in [3.8, 4) is 5.69 Å². The summed E-state index contributed by atoms with van der Waals surface area (Å²) < 4.78 is 28.6. The van der Waals surface area contributed by atoms with E-state index in [0.29, 0.717) is 0 Å². The molecular formula is C18H19ClN4O2S. The van der Waals surface area contributed by atoms with Crippen molar-refractivity contribution in [1.29, 1.82) is 0 Å². The summed E-state index contributed by atoms with van der Waals surface area (Å²) in [7, 11) is -2.12. The molecule has 6 nitrogen and oxygen atoms in total. The van der Waals surface area contributed by atoms with Gasteiger partial charge in [0, 0.05) is 31.0 Å². The Morgan fingerprint density at radius 2 is 1.81 bits per heavy atom. The van der Waals surface area contributed by atoms with Crippen LogP contribution in [0.15, 0.2) is 53.6 Å². The fourth-order valence-corrected chi connectivity index (χ4v) is 3.92.